The van der Waals surface area contributed by atoms with E-state index in [-0.39, 0.29) is 5.56 Å². The van der Waals surface area contributed by atoms with E-state index in [1.54, 1.807) is 12.1 Å². The average molecular weight is 516 g/mol. The Morgan fingerprint density at radius 1 is 0.946 bits per heavy atom. The molecule has 1 aliphatic heterocycles. The molecule has 186 valence electrons. The molecule has 0 aliphatic carbocycles. The minimum atomic E-state index is -0.565. The van der Waals surface area contributed by atoms with Gasteiger partial charge in [-0.05, 0) is 48.9 Å². The van der Waals surface area contributed by atoms with E-state index in [2.05, 4.69) is 4.90 Å². The molecule has 0 atom stereocenters. The Balaban J connectivity index is 1.45. The molecule has 6 rings (SSSR count). The second kappa shape index (κ2) is 9.42. The number of benzene rings is 3. The van der Waals surface area contributed by atoms with Crippen molar-refractivity contribution in [1.82, 2.24) is 4.90 Å². The monoisotopic (exact) mass is 515 g/mol. The van der Waals surface area contributed by atoms with Crippen molar-refractivity contribution in [2.45, 2.75) is 20.0 Å². The van der Waals surface area contributed by atoms with Crippen LogP contribution in [-0.2, 0) is 13.1 Å². The standard InChI is InChI=1S/C29H22ClNO6/c1-2-34-25-5-3-4-18-12-22(29(33)37-27(18)25)21-13-26(32)36-28-20(21)10-11-24-23(28)15-31(16-35-24)14-17-6-8-19(30)9-7-17/h3-13H,2,14-16H2,1H3. The predicted octanol–water partition coefficient (Wildman–Crippen LogP) is 5.97. The lowest BCUT2D eigenvalue weighted by Crippen LogP contribution is -2.31. The van der Waals surface area contributed by atoms with Crippen molar-refractivity contribution in [3.05, 3.63) is 104 Å². The van der Waals surface area contributed by atoms with Crippen molar-refractivity contribution < 1.29 is 18.3 Å². The first kappa shape index (κ1) is 23.3. The first-order chi connectivity index (χ1) is 18.0. The topological polar surface area (TPSA) is 82.1 Å². The predicted molar refractivity (Wildman–Crippen MR) is 141 cm³/mol. The van der Waals surface area contributed by atoms with Crippen LogP contribution in [0, 0.1) is 0 Å². The lowest BCUT2D eigenvalue weighted by molar-refractivity contribution is 0.0890. The van der Waals surface area contributed by atoms with Gasteiger partial charge >= 0.3 is 11.3 Å². The summed E-state index contributed by atoms with van der Waals surface area (Å²) in [6.45, 7) is 3.83. The number of rotatable bonds is 5. The van der Waals surface area contributed by atoms with Crippen LogP contribution in [0.4, 0.5) is 0 Å². The Labute approximate surface area is 216 Å². The largest absolute Gasteiger partial charge is 0.490 e. The fraction of sp³-hybridized carbons (Fsp3) is 0.172. The van der Waals surface area contributed by atoms with Crippen molar-refractivity contribution in [3.63, 3.8) is 0 Å². The molecule has 7 nitrogen and oxygen atoms in total. The van der Waals surface area contributed by atoms with Gasteiger partial charge in [0.05, 0.1) is 17.7 Å². The molecule has 0 spiro atoms. The molecule has 0 radical (unpaired) electrons. The lowest BCUT2D eigenvalue weighted by atomic mass is 9.99. The van der Waals surface area contributed by atoms with E-state index in [0.29, 0.717) is 70.5 Å². The van der Waals surface area contributed by atoms with E-state index in [1.807, 2.05) is 55.5 Å². The van der Waals surface area contributed by atoms with Crippen LogP contribution in [0.1, 0.15) is 18.1 Å². The second-order valence-electron chi connectivity index (χ2n) is 8.84. The van der Waals surface area contributed by atoms with Crippen molar-refractivity contribution in [2.24, 2.45) is 0 Å². The maximum Gasteiger partial charge on any atom is 0.344 e. The lowest BCUT2D eigenvalue weighted by Gasteiger charge is -2.29. The van der Waals surface area contributed by atoms with E-state index < -0.39 is 11.3 Å². The van der Waals surface area contributed by atoms with Gasteiger partial charge in [-0.15, -0.1) is 0 Å². The summed E-state index contributed by atoms with van der Waals surface area (Å²) < 4.78 is 22.9. The van der Waals surface area contributed by atoms with Gasteiger partial charge in [0.1, 0.15) is 18.1 Å². The van der Waals surface area contributed by atoms with E-state index in [9.17, 15) is 9.59 Å². The number of nitrogens with zero attached hydrogens (tertiary/aromatic N) is 1. The zero-order valence-corrected chi connectivity index (χ0v) is 20.7. The molecule has 0 bridgehead atoms. The molecular weight excluding hydrogens is 494 g/mol. The minimum Gasteiger partial charge on any atom is -0.490 e. The highest BCUT2D eigenvalue weighted by Crippen LogP contribution is 2.37. The SMILES string of the molecule is CCOc1cccc2cc(-c3cc(=O)oc4c5c(ccc34)OCN(Cc3ccc(Cl)cc3)C5)c(=O)oc12. The summed E-state index contributed by atoms with van der Waals surface area (Å²) in [6.07, 6.45) is 0. The number of halogens is 1. The molecule has 8 heteroatoms. The smallest absolute Gasteiger partial charge is 0.344 e. The van der Waals surface area contributed by atoms with Crippen molar-refractivity contribution in [3.8, 4) is 22.6 Å². The maximum absolute atomic E-state index is 13.1. The normalized spacial score (nSPS) is 13.5. The summed E-state index contributed by atoms with van der Waals surface area (Å²) in [5.74, 6) is 1.14. The summed E-state index contributed by atoms with van der Waals surface area (Å²) in [6, 6.07) is 19.8. The van der Waals surface area contributed by atoms with Crippen molar-refractivity contribution in [1.29, 1.82) is 0 Å². The molecule has 3 heterocycles. The van der Waals surface area contributed by atoms with E-state index in [1.165, 1.54) is 6.07 Å². The average Bonchev–Trinajstić information content (AvgIpc) is 2.90. The Kier molecular flexibility index (Phi) is 5.94. The molecule has 0 saturated carbocycles. The second-order valence-corrected chi connectivity index (χ2v) is 9.28. The van der Waals surface area contributed by atoms with Gasteiger partial charge in [-0.25, -0.2) is 9.59 Å². The molecule has 2 aromatic heterocycles. The highest BCUT2D eigenvalue weighted by Gasteiger charge is 2.24. The van der Waals surface area contributed by atoms with Gasteiger partial charge < -0.3 is 18.3 Å². The number of hydrogen-bond acceptors (Lipinski definition) is 7. The fourth-order valence-corrected chi connectivity index (χ4v) is 4.85. The zero-order chi connectivity index (χ0) is 25.5. The molecule has 37 heavy (non-hydrogen) atoms. The van der Waals surface area contributed by atoms with Gasteiger partial charge in [0, 0.05) is 40.5 Å². The van der Waals surface area contributed by atoms with E-state index >= 15 is 0 Å². The zero-order valence-electron chi connectivity index (χ0n) is 20.0. The van der Waals surface area contributed by atoms with Crippen LogP contribution in [0.15, 0.2) is 85.2 Å². The summed E-state index contributed by atoms with van der Waals surface area (Å²) >= 11 is 6.02. The third-order valence-corrected chi connectivity index (χ3v) is 6.64. The molecule has 0 fully saturated rings. The molecular formula is C29H22ClNO6. The number of fused-ring (bicyclic) bond motifs is 4. The molecule has 1 aliphatic rings. The van der Waals surface area contributed by atoms with Crippen LogP contribution in [0.5, 0.6) is 11.5 Å². The number of ether oxygens (including phenoxy) is 2. The molecule has 0 saturated heterocycles. The van der Waals surface area contributed by atoms with Crippen molar-refractivity contribution in [2.75, 3.05) is 13.3 Å². The fourth-order valence-electron chi connectivity index (χ4n) is 4.73. The molecule has 0 amide bonds. The highest BCUT2D eigenvalue weighted by molar-refractivity contribution is 6.30. The van der Waals surface area contributed by atoms with Crippen LogP contribution in [0.2, 0.25) is 5.02 Å². The summed E-state index contributed by atoms with van der Waals surface area (Å²) in [7, 11) is 0. The molecule has 5 aromatic rings. The van der Waals surface area contributed by atoms with Gasteiger partial charge in [0.25, 0.3) is 0 Å². The summed E-state index contributed by atoms with van der Waals surface area (Å²) in [5.41, 5.74) is 2.19. The molecule has 3 aromatic carbocycles. The van der Waals surface area contributed by atoms with Gasteiger partial charge in [0.15, 0.2) is 11.3 Å². The molecule has 0 N–H and O–H groups in total. The quantitative estimate of drug-likeness (QED) is 0.267. The van der Waals surface area contributed by atoms with Gasteiger partial charge in [-0.2, -0.15) is 0 Å². The number of para-hydroxylation sites is 1. The van der Waals surface area contributed by atoms with Crippen molar-refractivity contribution >= 4 is 33.5 Å². The minimum absolute atomic E-state index is 0.272. The Bertz CT molecular complexity index is 1760. The highest BCUT2D eigenvalue weighted by atomic mass is 35.5. The van der Waals surface area contributed by atoms with Gasteiger partial charge in [0.2, 0.25) is 0 Å². The molecule has 0 unspecified atom stereocenters. The van der Waals surface area contributed by atoms with Crippen LogP contribution in [0.3, 0.4) is 0 Å². The Hall–Kier alpha value is -4.07. The third kappa shape index (κ3) is 4.37. The first-order valence-corrected chi connectivity index (χ1v) is 12.3. The maximum atomic E-state index is 13.1. The Morgan fingerprint density at radius 3 is 2.59 bits per heavy atom. The first-order valence-electron chi connectivity index (χ1n) is 11.9. The summed E-state index contributed by atoms with van der Waals surface area (Å²) in [4.78, 5) is 27.9. The van der Waals surface area contributed by atoms with E-state index in [4.69, 9.17) is 29.9 Å². The summed E-state index contributed by atoms with van der Waals surface area (Å²) in [5, 5.41) is 2.00. The van der Waals surface area contributed by atoms with Crippen LogP contribution < -0.4 is 20.7 Å². The number of hydrogen-bond donors (Lipinski definition) is 0. The third-order valence-electron chi connectivity index (χ3n) is 6.39. The van der Waals surface area contributed by atoms with Crippen LogP contribution in [-0.4, -0.2) is 18.2 Å². The Morgan fingerprint density at radius 2 is 1.78 bits per heavy atom. The van der Waals surface area contributed by atoms with Crippen LogP contribution in [0.25, 0.3) is 33.1 Å². The van der Waals surface area contributed by atoms with Gasteiger partial charge in [-0.1, -0.05) is 35.9 Å². The van der Waals surface area contributed by atoms with Crippen LogP contribution >= 0.6 is 11.6 Å². The van der Waals surface area contributed by atoms with Gasteiger partial charge in [-0.3, -0.25) is 4.90 Å². The van der Waals surface area contributed by atoms with E-state index in [0.717, 1.165) is 11.1 Å².